The molecule has 1 atom stereocenters. The molecule has 3 aromatic carbocycles. The number of rotatable bonds is 5. The average molecular weight is 453 g/mol. The van der Waals surface area contributed by atoms with E-state index in [0.717, 1.165) is 16.3 Å². The number of benzene rings is 3. The first-order chi connectivity index (χ1) is 13.9. The molecule has 0 bridgehead atoms. The van der Waals surface area contributed by atoms with Crippen molar-refractivity contribution in [1.82, 2.24) is 0 Å². The first-order valence-corrected chi connectivity index (χ1v) is 12.0. The van der Waals surface area contributed by atoms with Crippen molar-refractivity contribution in [2.24, 2.45) is 11.8 Å². The summed E-state index contributed by atoms with van der Waals surface area (Å²) in [5.41, 5.74) is 0.927. The topological polar surface area (TPSA) is 9.23 Å². The van der Waals surface area contributed by atoms with E-state index >= 15 is 0 Å². The van der Waals surface area contributed by atoms with Crippen LogP contribution in [-0.2, 0) is 10.3 Å². The van der Waals surface area contributed by atoms with Gasteiger partial charge in [0.1, 0.15) is 0 Å². The molecular formula is C27H33BrO. The van der Waals surface area contributed by atoms with Crippen molar-refractivity contribution in [2.45, 2.75) is 71.5 Å². The molecule has 1 nitrogen and oxygen atoms in total. The highest BCUT2D eigenvalue weighted by Crippen LogP contribution is 2.40. The van der Waals surface area contributed by atoms with E-state index in [0.29, 0.717) is 6.10 Å². The summed E-state index contributed by atoms with van der Waals surface area (Å²) in [6.45, 7) is 9.17. The lowest BCUT2D eigenvalue weighted by atomic mass is 9.78. The SMILES string of the molecule is CCC(C)C1CCC(OC(C)(C)c2cc3ccc4ccccc4c3cc2Br)CC1. The first kappa shape index (κ1) is 20.9. The standard InChI is InChI=1S/C27H33BrO/c1-5-18(2)19-12-14-22(15-13-19)29-27(3,4)25-16-21-11-10-20-8-6-7-9-23(20)24(21)17-26(25)28/h6-11,16-19,22H,5,12-15H2,1-4H3. The van der Waals surface area contributed by atoms with Crippen LogP contribution in [0.5, 0.6) is 0 Å². The molecule has 1 aliphatic carbocycles. The van der Waals surface area contributed by atoms with Crippen molar-refractivity contribution in [3.63, 3.8) is 0 Å². The fourth-order valence-electron chi connectivity index (χ4n) is 5.08. The zero-order chi connectivity index (χ0) is 20.6. The molecule has 154 valence electrons. The maximum Gasteiger partial charge on any atom is 0.0890 e. The van der Waals surface area contributed by atoms with E-state index in [1.54, 1.807) is 0 Å². The lowest BCUT2D eigenvalue weighted by Crippen LogP contribution is -2.32. The molecule has 0 heterocycles. The molecule has 1 aliphatic rings. The van der Waals surface area contributed by atoms with Gasteiger partial charge in [-0.3, -0.25) is 0 Å². The van der Waals surface area contributed by atoms with Crippen LogP contribution in [-0.4, -0.2) is 6.10 Å². The van der Waals surface area contributed by atoms with Crippen LogP contribution in [0.4, 0.5) is 0 Å². The monoisotopic (exact) mass is 452 g/mol. The molecule has 29 heavy (non-hydrogen) atoms. The summed E-state index contributed by atoms with van der Waals surface area (Å²) in [4.78, 5) is 0. The van der Waals surface area contributed by atoms with Crippen LogP contribution < -0.4 is 0 Å². The average Bonchev–Trinajstić information content (AvgIpc) is 2.73. The highest BCUT2D eigenvalue weighted by Gasteiger charge is 2.32. The predicted octanol–water partition coefficient (Wildman–Crippen LogP) is 8.61. The summed E-state index contributed by atoms with van der Waals surface area (Å²) in [6, 6.07) is 17.7. The van der Waals surface area contributed by atoms with E-state index in [4.69, 9.17) is 4.74 Å². The van der Waals surface area contributed by atoms with Gasteiger partial charge in [0.05, 0.1) is 11.7 Å². The first-order valence-electron chi connectivity index (χ1n) is 11.2. The van der Waals surface area contributed by atoms with E-state index in [2.05, 4.69) is 92.2 Å². The maximum atomic E-state index is 6.71. The van der Waals surface area contributed by atoms with Crippen molar-refractivity contribution in [3.8, 4) is 0 Å². The number of ether oxygens (including phenoxy) is 1. The summed E-state index contributed by atoms with van der Waals surface area (Å²) in [7, 11) is 0. The second-order valence-electron chi connectivity index (χ2n) is 9.39. The molecule has 1 unspecified atom stereocenters. The fourth-order valence-corrected chi connectivity index (χ4v) is 5.90. The van der Waals surface area contributed by atoms with E-state index in [9.17, 15) is 0 Å². The maximum absolute atomic E-state index is 6.71. The van der Waals surface area contributed by atoms with Gasteiger partial charge in [-0.25, -0.2) is 0 Å². The second kappa shape index (κ2) is 8.40. The minimum atomic E-state index is -0.313. The minimum Gasteiger partial charge on any atom is -0.368 e. The number of hydrogen-bond acceptors (Lipinski definition) is 1. The van der Waals surface area contributed by atoms with Gasteiger partial charge in [-0.1, -0.05) is 72.6 Å². The third-order valence-electron chi connectivity index (χ3n) is 7.11. The summed E-state index contributed by atoms with van der Waals surface area (Å²) in [5, 5.41) is 5.16. The molecule has 0 spiro atoms. The van der Waals surface area contributed by atoms with Gasteiger partial charge in [0.25, 0.3) is 0 Å². The highest BCUT2D eigenvalue weighted by molar-refractivity contribution is 9.10. The number of halogens is 1. The van der Waals surface area contributed by atoms with E-state index in [1.807, 2.05) is 0 Å². The highest BCUT2D eigenvalue weighted by atomic mass is 79.9. The van der Waals surface area contributed by atoms with E-state index in [1.165, 1.54) is 59.2 Å². The Morgan fingerprint density at radius 3 is 2.38 bits per heavy atom. The summed E-state index contributed by atoms with van der Waals surface area (Å²) in [5.74, 6) is 1.72. The fraction of sp³-hybridized carbons (Fsp3) is 0.481. The van der Waals surface area contributed by atoms with Gasteiger partial charge < -0.3 is 4.74 Å². The molecule has 3 aromatic rings. The summed E-state index contributed by atoms with van der Waals surface area (Å²) >= 11 is 3.86. The molecule has 1 saturated carbocycles. The molecule has 0 aromatic heterocycles. The zero-order valence-electron chi connectivity index (χ0n) is 18.2. The second-order valence-corrected chi connectivity index (χ2v) is 10.2. The van der Waals surface area contributed by atoms with Crippen LogP contribution in [0.25, 0.3) is 21.5 Å². The van der Waals surface area contributed by atoms with Crippen LogP contribution in [0, 0.1) is 11.8 Å². The van der Waals surface area contributed by atoms with Crippen molar-refractivity contribution in [3.05, 3.63) is 58.6 Å². The largest absolute Gasteiger partial charge is 0.368 e. The van der Waals surface area contributed by atoms with Gasteiger partial charge in [0.15, 0.2) is 0 Å². The van der Waals surface area contributed by atoms with Crippen molar-refractivity contribution < 1.29 is 4.74 Å². The van der Waals surface area contributed by atoms with Gasteiger partial charge in [-0.05, 0) is 90.6 Å². The predicted molar refractivity (Wildman–Crippen MR) is 128 cm³/mol. The molecule has 4 rings (SSSR count). The Labute approximate surface area is 184 Å². The molecule has 0 amide bonds. The van der Waals surface area contributed by atoms with Crippen molar-refractivity contribution >= 4 is 37.5 Å². The Balaban J connectivity index is 1.58. The number of fused-ring (bicyclic) bond motifs is 3. The molecule has 2 heteroatoms. The van der Waals surface area contributed by atoms with Crippen LogP contribution in [0.15, 0.2) is 53.0 Å². The van der Waals surface area contributed by atoms with Gasteiger partial charge in [0, 0.05) is 4.47 Å². The van der Waals surface area contributed by atoms with E-state index < -0.39 is 0 Å². The Hall–Kier alpha value is -1.38. The van der Waals surface area contributed by atoms with Gasteiger partial charge in [0.2, 0.25) is 0 Å². The summed E-state index contributed by atoms with van der Waals surface area (Å²) in [6.07, 6.45) is 6.65. The van der Waals surface area contributed by atoms with Crippen LogP contribution in [0.1, 0.15) is 65.4 Å². The van der Waals surface area contributed by atoms with Gasteiger partial charge in [-0.2, -0.15) is 0 Å². The zero-order valence-corrected chi connectivity index (χ0v) is 19.8. The molecule has 0 saturated heterocycles. The third-order valence-corrected chi connectivity index (χ3v) is 7.77. The molecular weight excluding hydrogens is 420 g/mol. The smallest absolute Gasteiger partial charge is 0.0890 e. The van der Waals surface area contributed by atoms with Crippen LogP contribution >= 0.6 is 15.9 Å². The Morgan fingerprint density at radius 2 is 1.66 bits per heavy atom. The van der Waals surface area contributed by atoms with Crippen molar-refractivity contribution in [1.29, 1.82) is 0 Å². The Bertz CT molecular complexity index is 998. The van der Waals surface area contributed by atoms with Crippen molar-refractivity contribution in [2.75, 3.05) is 0 Å². The van der Waals surface area contributed by atoms with Gasteiger partial charge >= 0.3 is 0 Å². The lowest BCUT2D eigenvalue weighted by molar-refractivity contribution is -0.0958. The third kappa shape index (κ3) is 4.25. The minimum absolute atomic E-state index is 0.313. The quantitative estimate of drug-likeness (QED) is 0.352. The normalized spacial score (nSPS) is 21.6. The van der Waals surface area contributed by atoms with Gasteiger partial charge in [-0.15, -0.1) is 0 Å². The lowest BCUT2D eigenvalue weighted by Gasteiger charge is -2.37. The number of hydrogen-bond donors (Lipinski definition) is 0. The Kier molecular flexibility index (Phi) is 6.04. The Morgan fingerprint density at radius 1 is 0.966 bits per heavy atom. The molecule has 0 N–H and O–H groups in total. The molecule has 1 fully saturated rings. The summed E-state index contributed by atoms with van der Waals surface area (Å²) < 4.78 is 7.85. The molecule has 0 radical (unpaired) electrons. The molecule has 0 aliphatic heterocycles. The van der Waals surface area contributed by atoms with Crippen LogP contribution in [0.3, 0.4) is 0 Å². The van der Waals surface area contributed by atoms with E-state index in [-0.39, 0.29) is 5.60 Å². The van der Waals surface area contributed by atoms with Crippen LogP contribution in [0.2, 0.25) is 0 Å².